The normalized spacial score (nSPS) is 14.0. The molecule has 0 saturated carbocycles. The van der Waals surface area contributed by atoms with E-state index in [2.05, 4.69) is 43.5 Å². The molecule has 3 unspecified atom stereocenters. The van der Waals surface area contributed by atoms with Crippen molar-refractivity contribution >= 4 is 13.7 Å². The molecule has 3 N–H and O–H groups in total. The molecule has 0 saturated heterocycles. The lowest BCUT2D eigenvalue weighted by atomic mass is 10.0. The quantitative estimate of drug-likeness (QED) is 0.0243. The van der Waals surface area contributed by atoms with E-state index < -0.39 is 20.0 Å². The highest BCUT2D eigenvalue weighted by Crippen LogP contribution is 2.43. The molecule has 0 bridgehead atoms. The van der Waals surface area contributed by atoms with Crippen LogP contribution in [0.4, 0.5) is 0 Å². The summed E-state index contributed by atoms with van der Waals surface area (Å²) in [7, 11) is 1.57. The number of unbranched alkanes of at least 4 members (excludes halogenated alkanes) is 44. The van der Waals surface area contributed by atoms with Crippen LogP contribution < -0.4 is 5.32 Å². The van der Waals surface area contributed by atoms with E-state index in [0.717, 1.165) is 38.5 Å². The lowest BCUT2D eigenvalue weighted by Gasteiger charge is -2.25. The van der Waals surface area contributed by atoms with E-state index in [1.54, 1.807) is 6.08 Å². The van der Waals surface area contributed by atoms with Crippen molar-refractivity contribution in [3.05, 3.63) is 36.5 Å². The van der Waals surface area contributed by atoms with Gasteiger partial charge in [0.1, 0.15) is 13.2 Å². The van der Waals surface area contributed by atoms with Crippen LogP contribution in [0.5, 0.6) is 0 Å². The van der Waals surface area contributed by atoms with E-state index in [0.29, 0.717) is 17.4 Å². The number of phosphoric acid groups is 1. The largest absolute Gasteiger partial charge is 0.472 e. The maximum atomic E-state index is 13.0. The highest BCUT2D eigenvalue weighted by molar-refractivity contribution is 7.47. The van der Waals surface area contributed by atoms with E-state index >= 15 is 0 Å². The molecule has 444 valence electrons. The fourth-order valence-corrected chi connectivity index (χ4v) is 10.7. The van der Waals surface area contributed by atoms with Crippen LogP contribution in [0.25, 0.3) is 0 Å². The number of carbonyl (C=O) groups is 1. The van der Waals surface area contributed by atoms with Gasteiger partial charge in [0.05, 0.1) is 39.9 Å². The number of rotatable bonds is 61. The second-order valence-corrected chi connectivity index (χ2v) is 25.3. The van der Waals surface area contributed by atoms with Crippen molar-refractivity contribution < 1.29 is 32.9 Å². The Morgan fingerprint density at radius 2 is 0.733 bits per heavy atom. The third-order valence-corrected chi connectivity index (χ3v) is 16.1. The number of allylic oxidation sites excluding steroid dienone is 5. The number of aliphatic hydroxyl groups excluding tert-OH is 1. The molecular weight excluding hydrogens is 948 g/mol. The summed E-state index contributed by atoms with van der Waals surface area (Å²) in [4.78, 5) is 23.3. The van der Waals surface area contributed by atoms with Crippen LogP contribution >= 0.6 is 7.82 Å². The molecule has 8 nitrogen and oxygen atoms in total. The Labute approximate surface area is 467 Å². The SMILES string of the molecule is CCCCCCCCCC/C=C\CCCCCCCCCCCCCCCCCCCCCCCCCCCCCC(=O)NC(COP(=O)(O)OCC[N+](C)(C)C)C(O)/C=C/CC/C=C/CCCCCCCCCC. The van der Waals surface area contributed by atoms with Crippen LogP contribution in [0, 0.1) is 0 Å². The molecule has 0 fully saturated rings. The minimum atomic E-state index is -4.35. The number of hydrogen-bond donors (Lipinski definition) is 3. The number of carbonyl (C=O) groups excluding carboxylic acids is 1. The number of hydrogen-bond acceptors (Lipinski definition) is 5. The zero-order chi connectivity index (χ0) is 54.9. The summed E-state index contributed by atoms with van der Waals surface area (Å²) in [5.41, 5.74) is 0. The number of likely N-dealkylation sites (N-methyl/N-ethyl adjacent to an activating group) is 1. The highest BCUT2D eigenvalue weighted by Gasteiger charge is 2.28. The first-order valence-corrected chi connectivity index (χ1v) is 34.4. The van der Waals surface area contributed by atoms with E-state index in [1.807, 2.05) is 27.2 Å². The first-order chi connectivity index (χ1) is 36.5. The van der Waals surface area contributed by atoms with Gasteiger partial charge < -0.3 is 19.8 Å². The number of amides is 1. The second-order valence-electron chi connectivity index (χ2n) is 23.8. The molecule has 1 amide bonds. The maximum absolute atomic E-state index is 13.0. The Morgan fingerprint density at radius 3 is 1.07 bits per heavy atom. The van der Waals surface area contributed by atoms with Crippen LogP contribution in [-0.2, 0) is 18.4 Å². The van der Waals surface area contributed by atoms with E-state index in [-0.39, 0.29) is 19.1 Å². The van der Waals surface area contributed by atoms with Crippen LogP contribution in [-0.4, -0.2) is 73.4 Å². The number of nitrogens with zero attached hydrogens (tertiary/aromatic N) is 1. The third-order valence-electron chi connectivity index (χ3n) is 15.1. The summed E-state index contributed by atoms with van der Waals surface area (Å²) in [6, 6.07) is -0.861. The average molecular weight is 1080 g/mol. The third kappa shape index (κ3) is 60.2. The van der Waals surface area contributed by atoms with Gasteiger partial charge in [0.25, 0.3) is 0 Å². The predicted octanol–water partition coefficient (Wildman–Crippen LogP) is 20.5. The lowest BCUT2D eigenvalue weighted by Crippen LogP contribution is -2.45. The second kappa shape index (κ2) is 57.4. The predicted molar refractivity (Wildman–Crippen MR) is 328 cm³/mol. The summed E-state index contributed by atoms with van der Waals surface area (Å²) in [5.74, 6) is -0.181. The van der Waals surface area contributed by atoms with Gasteiger partial charge in [0, 0.05) is 6.42 Å². The fourth-order valence-electron chi connectivity index (χ4n) is 9.94. The number of aliphatic hydroxyl groups is 1. The van der Waals surface area contributed by atoms with Crippen molar-refractivity contribution in [1.82, 2.24) is 5.32 Å². The van der Waals surface area contributed by atoms with Crippen molar-refractivity contribution in [2.75, 3.05) is 40.9 Å². The summed E-state index contributed by atoms with van der Waals surface area (Å²) in [5, 5.41) is 13.9. The monoisotopic (exact) mass is 1080 g/mol. The molecule has 0 aliphatic heterocycles. The Balaban J connectivity index is 3.87. The summed E-state index contributed by atoms with van der Waals surface area (Å²) >= 11 is 0. The number of nitrogens with one attached hydrogen (secondary N) is 1. The summed E-state index contributed by atoms with van der Waals surface area (Å²) < 4.78 is 23.7. The van der Waals surface area contributed by atoms with Crippen LogP contribution in [0.1, 0.15) is 328 Å². The molecule has 0 rings (SSSR count). The molecule has 3 atom stereocenters. The molecule has 9 heteroatoms. The van der Waals surface area contributed by atoms with E-state index in [4.69, 9.17) is 9.05 Å². The van der Waals surface area contributed by atoms with Crippen LogP contribution in [0.3, 0.4) is 0 Å². The zero-order valence-corrected chi connectivity index (χ0v) is 51.7. The van der Waals surface area contributed by atoms with Crippen molar-refractivity contribution in [1.29, 1.82) is 0 Å². The Bertz CT molecular complexity index is 1320. The number of phosphoric ester groups is 1. The molecule has 75 heavy (non-hydrogen) atoms. The first-order valence-electron chi connectivity index (χ1n) is 32.9. The topological polar surface area (TPSA) is 105 Å². The fraction of sp³-hybridized carbons (Fsp3) is 0.894. The van der Waals surface area contributed by atoms with Gasteiger partial charge in [-0.05, 0) is 57.8 Å². The minimum Gasteiger partial charge on any atom is -0.387 e. The van der Waals surface area contributed by atoms with Gasteiger partial charge >= 0.3 is 7.82 Å². The molecule has 0 aliphatic rings. The zero-order valence-electron chi connectivity index (χ0n) is 50.8. The lowest BCUT2D eigenvalue weighted by molar-refractivity contribution is -0.870. The van der Waals surface area contributed by atoms with Crippen LogP contribution in [0.15, 0.2) is 36.5 Å². The molecule has 0 aromatic heterocycles. The number of quaternary nitrogens is 1. The summed E-state index contributed by atoms with van der Waals surface area (Å²) in [6.07, 6.45) is 75.9. The standard InChI is InChI=1S/C66H129N2O6P/c1-6-8-10-12-14-16-18-20-22-23-24-25-26-27-28-29-30-31-32-33-34-35-36-37-38-39-40-41-42-43-44-45-46-48-50-52-54-56-58-60-66(70)67-64(63-74-75(71,72)73-62-61-68(3,4)5)65(69)59-57-55-53-51-49-47-21-19-17-15-13-11-9-7-2/h23-24,49,51,57,59,64-65,69H,6-22,25-48,50,52-56,58,60-63H2,1-5H3,(H-,67,70,71,72)/p+1/b24-23-,51-49+,59-57+. The molecule has 0 radical (unpaired) electrons. The molecule has 0 spiro atoms. The summed E-state index contributed by atoms with van der Waals surface area (Å²) in [6.45, 7) is 4.82. The van der Waals surface area contributed by atoms with Gasteiger partial charge in [0.15, 0.2) is 0 Å². The van der Waals surface area contributed by atoms with Gasteiger partial charge in [-0.1, -0.05) is 301 Å². The molecule has 0 aromatic carbocycles. The minimum absolute atomic E-state index is 0.0580. The Hall–Kier alpha value is -1.28. The highest BCUT2D eigenvalue weighted by atomic mass is 31.2. The Kier molecular flexibility index (Phi) is 56.4. The molecular formula is C66H130N2O6P+. The van der Waals surface area contributed by atoms with Gasteiger partial charge in [-0.15, -0.1) is 0 Å². The first kappa shape index (κ1) is 73.7. The molecule has 0 aromatic rings. The maximum Gasteiger partial charge on any atom is 0.472 e. The van der Waals surface area contributed by atoms with E-state index in [1.165, 1.54) is 270 Å². The van der Waals surface area contributed by atoms with Crippen molar-refractivity contribution in [2.45, 2.75) is 341 Å². The molecule has 0 aliphatic carbocycles. The smallest absolute Gasteiger partial charge is 0.387 e. The van der Waals surface area contributed by atoms with Gasteiger partial charge in [-0.2, -0.15) is 0 Å². The van der Waals surface area contributed by atoms with Gasteiger partial charge in [-0.3, -0.25) is 13.8 Å². The van der Waals surface area contributed by atoms with Crippen molar-refractivity contribution in [2.24, 2.45) is 0 Å². The Morgan fingerprint density at radius 1 is 0.440 bits per heavy atom. The van der Waals surface area contributed by atoms with E-state index in [9.17, 15) is 19.4 Å². The van der Waals surface area contributed by atoms with Crippen molar-refractivity contribution in [3.8, 4) is 0 Å². The van der Waals surface area contributed by atoms with Crippen LogP contribution in [0.2, 0.25) is 0 Å². The molecule has 0 heterocycles. The average Bonchev–Trinajstić information content (AvgIpc) is 3.37. The van der Waals surface area contributed by atoms with Crippen molar-refractivity contribution in [3.63, 3.8) is 0 Å². The van der Waals surface area contributed by atoms with Gasteiger partial charge in [0.2, 0.25) is 5.91 Å². The van der Waals surface area contributed by atoms with Gasteiger partial charge in [-0.25, -0.2) is 4.57 Å².